The van der Waals surface area contributed by atoms with Gasteiger partial charge in [-0.2, -0.15) is 4.98 Å². The van der Waals surface area contributed by atoms with Crippen molar-refractivity contribution in [3.8, 4) is 11.6 Å². The number of aromatic nitrogens is 2. The van der Waals surface area contributed by atoms with Crippen LogP contribution in [-0.2, 0) is 5.88 Å². The van der Waals surface area contributed by atoms with Crippen LogP contribution in [0.15, 0.2) is 30.6 Å². The smallest absolute Gasteiger partial charge is 0.233 e. The maximum absolute atomic E-state index is 5.93. The van der Waals surface area contributed by atoms with Crippen molar-refractivity contribution in [2.24, 2.45) is 0 Å². The molecule has 106 valence electrons. The zero-order valence-electron chi connectivity index (χ0n) is 11.4. The average Bonchev–Trinajstić information content (AvgIpc) is 2.49. The Kier molecular flexibility index (Phi) is 5.01. The predicted octanol–water partition coefficient (Wildman–Crippen LogP) is 3.37. The Morgan fingerprint density at radius 2 is 2.15 bits per heavy atom. The highest BCUT2D eigenvalue weighted by Crippen LogP contribution is 2.26. The Morgan fingerprint density at radius 3 is 2.85 bits per heavy atom. The molecule has 0 atom stereocenters. The van der Waals surface area contributed by atoms with Crippen molar-refractivity contribution in [1.82, 2.24) is 9.97 Å². The lowest BCUT2D eigenvalue weighted by Crippen LogP contribution is -1.99. The minimum atomic E-state index is 0.384. The molecule has 0 aliphatic carbocycles. The number of benzene rings is 1. The molecule has 1 heterocycles. The highest BCUT2D eigenvalue weighted by molar-refractivity contribution is 6.17. The van der Waals surface area contributed by atoms with Gasteiger partial charge >= 0.3 is 0 Å². The van der Waals surface area contributed by atoms with Crippen molar-refractivity contribution in [2.75, 3.05) is 19.0 Å². The molecule has 2 rings (SSSR count). The molecule has 0 saturated heterocycles. The third-order valence-corrected chi connectivity index (χ3v) is 2.89. The Hall–Kier alpha value is -2.01. The van der Waals surface area contributed by atoms with E-state index >= 15 is 0 Å². The van der Waals surface area contributed by atoms with E-state index in [4.69, 9.17) is 21.1 Å². The SMILES string of the molecule is CCOc1ccc(Nc2cncc(OC)n2)cc1CCl. The Balaban J connectivity index is 2.20. The molecule has 0 radical (unpaired) electrons. The lowest BCUT2D eigenvalue weighted by molar-refractivity contribution is 0.337. The number of alkyl halides is 1. The van der Waals surface area contributed by atoms with Gasteiger partial charge in [0.1, 0.15) is 5.75 Å². The fourth-order valence-electron chi connectivity index (χ4n) is 1.71. The highest BCUT2D eigenvalue weighted by atomic mass is 35.5. The predicted molar refractivity (Wildman–Crippen MR) is 79.0 cm³/mol. The zero-order chi connectivity index (χ0) is 14.4. The summed E-state index contributed by atoms with van der Waals surface area (Å²) >= 11 is 5.93. The summed E-state index contributed by atoms with van der Waals surface area (Å²) in [5.41, 5.74) is 1.79. The van der Waals surface area contributed by atoms with Gasteiger partial charge in [-0.3, -0.25) is 4.98 Å². The first-order valence-corrected chi connectivity index (χ1v) is 6.75. The normalized spacial score (nSPS) is 10.2. The number of rotatable bonds is 6. The van der Waals surface area contributed by atoms with E-state index < -0.39 is 0 Å². The Morgan fingerprint density at radius 1 is 1.30 bits per heavy atom. The Labute approximate surface area is 122 Å². The quantitative estimate of drug-likeness (QED) is 0.828. The molecule has 1 aromatic heterocycles. The van der Waals surface area contributed by atoms with Crippen molar-refractivity contribution in [1.29, 1.82) is 0 Å². The minimum absolute atomic E-state index is 0.384. The third kappa shape index (κ3) is 3.51. The molecule has 5 nitrogen and oxygen atoms in total. The number of nitrogens with one attached hydrogen (secondary N) is 1. The monoisotopic (exact) mass is 293 g/mol. The van der Waals surface area contributed by atoms with Gasteiger partial charge in [0.05, 0.1) is 32.0 Å². The molecule has 0 spiro atoms. The minimum Gasteiger partial charge on any atom is -0.494 e. The summed E-state index contributed by atoms with van der Waals surface area (Å²) in [5, 5.41) is 3.15. The molecule has 2 aromatic rings. The van der Waals surface area contributed by atoms with E-state index in [2.05, 4.69) is 15.3 Å². The zero-order valence-corrected chi connectivity index (χ0v) is 12.1. The summed E-state index contributed by atoms with van der Waals surface area (Å²) in [7, 11) is 1.55. The van der Waals surface area contributed by atoms with Gasteiger partial charge in [-0.05, 0) is 25.1 Å². The van der Waals surface area contributed by atoms with E-state index in [0.29, 0.717) is 24.2 Å². The molecule has 0 bridgehead atoms. The lowest BCUT2D eigenvalue weighted by atomic mass is 10.2. The van der Waals surface area contributed by atoms with Gasteiger partial charge in [0.15, 0.2) is 5.82 Å². The summed E-state index contributed by atoms with van der Waals surface area (Å²) in [4.78, 5) is 8.28. The number of hydrogen-bond donors (Lipinski definition) is 1. The summed E-state index contributed by atoms with van der Waals surface area (Å²) in [6.07, 6.45) is 3.17. The van der Waals surface area contributed by atoms with Crippen LogP contribution in [0.5, 0.6) is 11.6 Å². The van der Waals surface area contributed by atoms with Gasteiger partial charge in [0.25, 0.3) is 0 Å². The van der Waals surface area contributed by atoms with Crippen LogP contribution < -0.4 is 14.8 Å². The van der Waals surface area contributed by atoms with Crippen LogP contribution in [0.3, 0.4) is 0 Å². The fraction of sp³-hybridized carbons (Fsp3) is 0.286. The molecule has 1 aromatic carbocycles. The van der Waals surface area contributed by atoms with Crippen molar-refractivity contribution in [2.45, 2.75) is 12.8 Å². The third-order valence-electron chi connectivity index (χ3n) is 2.60. The van der Waals surface area contributed by atoms with Crippen molar-refractivity contribution in [3.05, 3.63) is 36.2 Å². The second-order valence-corrected chi connectivity index (χ2v) is 4.23. The lowest BCUT2D eigenvalue weighted by Gasteiger charge is -2.11. The second-order valence-electron chi connectivity index (χ2n) is 3.96. The first kappa shape index (κ1) is 14.4. The van der Waals surface area contributed by atoms with Crippen LogP contribution >= 0.6 is 11.6 Å². The maximum atomic E-state index is 5.93. The topological polar surface area (TPSA) is 56.3 Å². The number of methoxy groups -OCH3 is 1. The fourth-order valence-corrected chi connectivity index (χ4v) is 1.92. The molecule has 1 N–H and O–H groups in total. The number of ether oxygens (including phenoxy) is 2. The first-order chi connectivity index (χ1) is 9.76. The number of anilines is 2. The summed E-state index contributed by atoms with van der Waals surface area (Å²) < 4.78 is 10.5. The maximum Gasteiger partial charge on any atom is 0.233 e. The van der Waals surface area contributed by atoms with E-state index in [1.807, 2.05) is 25.1 Å². The molecule has 0 unspecified atom stereocenters. The number of hydrogen-bond acceptors (Lipinski definition) is 5. The summed E-state index contributed by atoms with van der Waals surface area (Å²) in [6.45, 7) is 2.55. The highest BCUT2D eigenvalue weighted by Gasteiger charge is 2.05. The van der Waals surface area contributed by atoms with Crippen LogP contribution in [0.1, 0.15) is 12.5 Å². The van der Waals surface area contributed by atoms with E-state index in [0.717, 1.165) is 17.0 Å². The van der Waals surface area contributed by atoms with Crippen LogP contribution in [0.4, 0.5) is 11.5 Å². The van der Waals surface area contributed by atoms with Crippen molar-refractivity contribution < 1.29 is 9.47 Å². The summed E-state index contributed by atoms with van der Waals surface area (Å²) in [5.74, 6) is 2.24. The number of halogens is 1. The first-order valence-electron chi connectivity index (χ1n) is 6.21. The molecule has 0 aliphatic heterocycles. The average molecular weight is 294 g/mol. The van der Waals surface area contributed by atoms with Crippen molar-refractivity contribution >= 4 is 23.1 Å². The van der Waals surface area contributed by atoms with Gasteiger partial charge in [-0.1, -0.05) is 0 Å². The van der Waals surface area contributed by atoms with Crippen LogP contribution in [-0.4, -0.2) is 23.7 Å². The van der Waals surface area contributed by atoms with Gasteiger partial charge in [0.2, 0.25) is 5.88 Å². The molecule has 0 aliphatic rings. The van der Waals surface area contributed by atoms with Gasteiger partial charge < -0.3 is 14.8 Å². The van der Waals surface area contributed by atoms with E-state index in [-0.39, 0.29) is 0 Å². The van der Waals surface area contributed by atoms with Gasteiger partial charge in [-0.25, -0.2) is 0 Å². The van der Waals surface area contributed by atoms with E-state index in [9.17, 15) is 0 Å². The van der Waals surface area contributed by atoms with Crippen molar-refractivity contribution in [3.63, 3.8) is 0 Å². The molecule has 6 heteroatoms. The molecule has 20 heavy (non-hydrogen) atoms. The van der Waals surface area contributed by atoms with Gasteiger partial charge in [0, 0.05) is 11.3 Å². The van der Waals surface area contributed by atoms with E-state index in [1.165, 1.54) is 0 Å². The number of nitrogens with zero attached hydrogens (tertiary/aromatic N) is 2. The largest absolute Gasteiger partial charge is 0.494 e. The van der Waals surface area contributed by atoms with Crippen LogP contribution in [0, 0.1) is 0 Å². The van der Waals surface area contributed by atoms with Crippen LogP contribution in [0.25, 0.3) is 0 Å². The molecular weight excluding hydrogens is 278 g/mol. The summed E-state index contributed by atoms with van der Waals surface area (Å²) in [6, 6.07) is 5.72. The van der Waals surface area contributed by atoms with Gasteiger partial charge in [-0.15, -0.1) is 11.6 Å². The second kappa shape index (κ2) is 6.96. The Bertz CT molecular complexity index is 578. The molecular formula is C14H16ClN3O2. The standard InChI is InChI=1S/C14H16ClN3O2/c1-3-20-12-5-4-11(6-10(12)7-15)17-13-8-16-9-14(18-13)19-2/h4-6,8-9H,3,7H2,1-2H3,(H,17,18). The molecule has 0 saturated carbocycles. The van der Waals surface area contributed by atoms with E-state index in [1.54, 1.807) is 19.5 Å². The molecule has 0 amide bonds. The molecule has 0 fully saturated rings. The van der Waals surface area contributed by atoms with Crippen LogP contribution in [0.2, 0.25) is 0 Å².